The molecule has 3 heterocycles. The molecular weight excluding hydrogens is 522 g/mol. The SMILES string of the molecule is CO[C@H]1[C@@H](O)[C@@H](CO)O[C@@H](O[C@H]2[C@@H](O)[C@@H](CO)O[C@@H](O[C@@H]3[C@H](O)[C@@H](O)[C@H](O)O[C@@H]3CO)[C@@H]2NC(C)=O)[C@@H]1O. The summed E-state index contributed by atoms with van der Waals surface area (Å²) in [6, 6.07) is -1.42. The van der Waals surface area contributed by atoms with Gasteiger partial charge >= 0.3 is 0 Å². The maximum atomic E-state index is 12.1. The standard InChI is InChI=1S/C21H37NO16/c1-6(26)22-10-17(38-21-15(31)18(33-2)12(28)8(4-24)36-21)11(27)7(3-23)35-20(10)37-16-9(5-25)34-19(32)14(30)13(16)29/h7-21,23-25,27-32H,3-5H2,1-2H3,(H,22,26)/t7-,8-,9-,10-,11+,12+,13-,14-,15-,16+,17-,18+,19-,20+,21+/m1/s1. The number of methoxy groups -OCH3 is 1. The van der Waals surface area contributed by atoms with E-state index in [0.717, 1.165) is 6.92 Å². The highest BCUT2D eigenvalue weighted by atomic mass is 16.7. The number of carbonyl (C=O) groups is 1. The molecule has 17 nitrogen and oxygen atoms in total. The maximum Gasteiger partial charge on any atom is 0.217 e. The van der Waals surface area contributed by atoms with Gasteiger partial charge in [-0.3, -0.25) is 4.79 Å². The van der Waals surface area contributed by atoms with Gasteiger partial charge in [0.25, 0.3) is 0 Å². The van der Waals surface area contributed by atoms with E-state index >= 15 is 0 Å². The van der Waals surface area contributed by atoms with Crippen molar-refractivity contribution >= 4 is 5.91 Å². The molecule has 0 unspecified atom stereocenters. The smallest absolute Gasteiger partial charge is 0.217 e. The first-order valence-electron chi connectivity index (χ1n) is 12.0. The lowest BCUT2D eigenvalue weighted by molar-refractivity contribution is -0.364. The van der Waals surface area contributed by atoms with Crippen molar-refractivity contribution in [2.45, 2.75) is 99.0 Å². The van der Waals surface area contributed by atoms with Crippen LogP contribution in [-0.4, -0.2) is 171 Å². The zero-order chi connectivity index (χ0) is 28.3. The van der Waals surface area contributed by atoms with Gasteiger partial charge in [-0.05, 0) is 0 Å². The van der Waals surface area contributed by atoms with Crippen LogP contribution in [0.4, 0.5) is 0 Å². The van der Waals surface area contributed by atoms with Crippen molar-refractivity contribution in [2.24, 2.45) is 0 Å². The summed E-state index contributed by atoms with van der Waals surface area (Å²) >= 11 is 0. The molecule has 0 bridgehead atoms. The lowest BCUT2D eigenvalue weighted by Crippen LogP contribution is -2.69. The van der Waals surface area contributed by atoms with E-state index in [0.29, 0.717) is 0 Å². The van der Waals surface area contributed by atoms with Crippen molar-refractivity contribution in [3.05, 3.63) is 0 Å². The monoisotopic (exact) mass is 559 g/mol. The average Bonchev–Trinajstić information content (AvgIpc) is 2.88. The quantitative estimate of drug-likeness (QED) is 0.126. The summed E-state index contributed by atoms with van der Waals surface area (Å²) in [6.07, 6.45) is -21.8. The Hall–Kier alpha value is -1.13. The van der Waals surface area contributed by atoms with Crippen molar-refractivity contribution < 1.29 is 79.2 Å². The molecule has 15 atom stereocenters. The van der Waals surface area contributed by atoms with Crippen LogP contribution in [0.2, 0.25) is 0 Å². The van der Waals surface area contributed by atoms with Crippen LogP contribution >= 0.6 is 0 Å². The van der Waals surface area contributed by atoms with Crippen molar-refractivity contribution in [2.75, 3.05) is 26.9 Å². The molecule has 0 aromatic carbocycles. The Balaban J connectivity index is 1.91. The lowest BCUT2D eigenvalue weighted by atomic mass is 9.94. The Kier molecular flexibility index (Phi) is 11.1. The first-order valence-corrected chi connectivity index (χ1v) is 12.0. The molecule has 3 saturated heterocycles. The number of hydrogen-bond acceptors (Lipinski definition) is 16. The van der Waals surface area contributed by atoms with E-state index in [1.54, 1.807) is 0 Å². The molecule has 1 amide bonds. The average molecular weight is 560 g/mol. The van der Waals surface area contributed by atoms with Gasteiger partial charge in [0.2, 0.25) is 5.91 Å². The van der Waals surface area contributed by atoms with Crippen LogP contribution < -0.4 is 5.32 Å². The second-order valence-electron chi connectivity index (χ2n) is 9.28. The van der Waals surface area contributed by atoms with E-state index in [-0.39, 0.29) is 0 Å². The number of hydrogen-bond donors (Lipinski definition) is 10. The Bertz CT molecular complexity index is 761. The van der Waals surface area contributed by atoms with Gasteiger partial charge in [0.1, 0.15) is 73.2 Å². The van der Waals surface area contributed by atoms with E-state index in [9.17, 15) is 50.8 Å². The van der Waals surface area contributed by atoms with E-state index in [1.807, 2.05) is 0 Å². The molecule has 3 aliphatic rings. The molecule has 0 aromatic heterocycles. The largest absolute Gasteiger partial charge is 0.394 e. The molecule has 3 fully saturated rings. The Morgan fingerprint density at radius 3 is 1.74 bits per heavy atom. The summed E-state index contributed by atoms with van der Waals surface area (Å²) in [5.41, 5.74) is 0. The normalized spacial score (nSPS) is 48.0. The molecule has 0 aliphatic carbocycles. The van der Waals surface area contributed by atoms with E-state index in [1.165, 1.54) is 7.11 Å². The zero-order valence-corrected chi connectivity index (χ0v) is 20.7. The number of ether oxygens (including phenoxy) is 6. The first kappa shape index (κ1) is 31.4. The predicted octanol–water partition coefficient (Wildman–Crippen LogP) is -6.78. The fourth-order valence-corrected chi connectivity index (χ4v) is 4.72. The van der Waals surface area contributed by atoms with Gasteiger partial charge in [0, 0.05) is 14.0 Å². The fraction of sp³-hybridized carbons (Fsp3) is 0.952. The fourth-order valence-electron chi connectivity index (χ4n) is 4.72. The van der Waals surface area contributed by atoms with Gasteiger partial charge in [-0.2, -0.15) is 0 Å². The van der Waals surface area contributed by atoms with E-state index < -0.39 is 118 Å². The first-order chi connectivity index (χ1) is 18.0. The van der Waals surface area contributed by atoms with Crippen LogP contribution in [0.25, 0.3) is 0 Å². The third kappa shape index (κ3) is 6.43. The summed E-state index contributed by atoms with van der Waals surface area (Å²) < 4.78 is 32.8. The molecular formula is C21H37NO16. The van der Waals surface area contributed by atoms with Gasteiger partial charge < -0.3 is 79.7 Å². The van der Waals surface area contributed by atoms with Crippen LogP contribution in [0, 0.1) is 0 Å². The summed E-state index contributed by atoms with van der Waals surface area (Å²) in [4.78, 5) is 12.1. The minimum atomic E-state index is -1.84. The number of amides is 1. The molecule has 10 N–H and O–H groups in total. The molecule has 0 spiro atoms. The summed E-state index contributed by atoms with van der Waals surface area (Å²) in [7, 11) is 1.20. The van der Waals surface area contributed by atoms with Crippen LogP contribution in [0.3, 0.4) is 0 Å². The number of aliphatic hydroxyl groups is 9. The van der Waals surface area contributed by atoms with Crippen LogP contribution in [-0.2, 0) is 33.2 Å². The Morgan fingerprint density at radius 1 is 0.684 bits per heavy atom. The van der Waals surface area contributed by atoms with Crippen molar-refractivity contribution in [3.63, 3.8) is 0 Å². The lowest BCUT2D eigenvalue weighted by Gasteiger charge is -2.49. The third-order valence-corrected chi connectivity index (χ3v) is 6.74. The second-order valence-corrected chi connectivity index (χ2v) is 9.28. The van der Waals surface area contributed by atoms with Gasteiger partial charge in [-0.15, -0.1) is 0 Å². The highest BCUT2D eigenvalue weighted by Crippen LogP contribution is 2.32. The number of carbonyl (C=O) groups excluding carboxylic acids is 1. The van der Waals surface area contributed by atoms with E-state index in [4.69, 9.17) is 28.4 Å². The van der Waals surface area contributed by atoms with Crippen LogP contribution in [0.1, 0.15) is 6.92 Å². The van der Waals surface area contributed by atoms with Crippen molar-refractivity contribution in [3.8, 4) is 0 Å². The van der Waals surface area contributed by atoms with Crippen LogP contribution in [0.5, 0.6) is 0 Å². The minimum absolute atomic E-state index is 0.659. The summed E-state index contributed by atoms with van der Waals surface area (Å²) in [5, 5.41) is 93.6. The maximum absolute atomic E-state index is 12.1. The number of aliphatic hydroxyl groups excluding tert-OH is 9. The van der Waals surface area contributed by atoms with Crippen LogP contribution in [0.15, 0.2) is 0 Å². The zero-order valence-electron chi connectivity index (χ0n) is 20.7. The molecule has 0 saturated carbocycles. The van der Waals surface area contributed by atoms with Crippen molar-refractivity contribution in [1.82, 2.24) is 5.32 Å². The molecule has 222 valence electrons. The van der Waals surface area contributed by atoms with Crippen molar-refractivity contribution in [1.29, 1.82) is 0 Å². The highest BCUT2D eigenvalue weighted by molar-refractivity contribution is 5.73. The molecule has 38 heavy (non-hydrogen) atoms. The minimum Gasteiger partial charge on any atom is -0.394 e. The molecule has 0 radical (unpaired) electrons. The number of nitrogens with one attached hydrogen (secondary N) is 1. The molecule has 0 aromatic rings. The Morgan fingerprint density at radius 2 is 1.21 bits per heavy atom. The molecule has 3 rings (SSSR count). The highest BCUT2D eigenvalue weighted by Gasteiger charge is 2.54. The van der Waals surface area contributed by atoms with Gasteiger partial charge in [-0.25, -0.2) is 0 Å². The number of rotatable bonds is 9. The summed E-state index contributed by atoms with van der Waals surface area (Å²) in [6.45, 7) is -1.10. The second kappa shape index (κ2) is 13.5. The Labute approximate surface area is 217 Å². The predicted molar refractivity (Wildman–Crippen MR) is 118 cm³/mol. The summed E-state index contributed by atoms with van der Waals surface area (Å²) in [5.74, 6) is -0.659. The van der Waals surface area contributed by atoms with Gasteiger partial charge in [-0.1, -0.05) is 0 Å². The molecule has 17 heteroatoms. The van der Waals surface area contributed by atoms with Gasteiger partial charge in [0.15, 0.2) is 18.9 Å². The third-order valence-electron chi connectivity index (χ3n) is 6.74. The topological polar surface area (TPSA) is 267 Å². The van der Waals surface area contributed by atoms with Gasteiger partial charge in [0.05, 0.1) is 19.8 Å². The van der Waals surface area contributed by atoms with E-state index in [2.05, 4.69) is 5.32 Å². The molecule has 3 aliphatic heterocycles.